The molecule has 3 aliphatic rings. The summed E-state index contributed by atoms with van der Waals surface area (Å²) in [4.78, 5) is 0. The van der Waals surface area contributed by atoms with Crippen LogP contribution in [0, 0.1) is 0 Å². The Bertz CT molecular complexity index is 3080. The van der Waals surface area contributed by atoms with Crippen molar-refractivity contribution in [3.05, 3.63) is 262 Å². The van der Waals surface area contributed by atoms with Gasteiger partial charge in [-0.2, -0.15) is 0 Å². The predicted octanol–water partition coefficient (Wildman–Crippen LogP) is 15.0. The third kappa shape index (κ3) is 4.98. The molecular weight excluding hydrogens is 721 g/mol. The van der Waals surface area contributed by atoms with Crippen molar-refractivity contribution in [2.24, 2.45) is 0 Å². The molecular formula is C60H44. The molecule has 0 aliphatic heterocycles. The van der Waals surface area contributed by atoms with Crippen molar-refractivity contribution in [2.75, 3.05) is 0 Å². The Hall–Kier alpha value is -7.02. The molecule has 284 valence electrons. The summed E-state index contributed by atoms with van der Waals surface area (Å²) >= 11 is 0. The van der Waals surface area contributed by atoms with E-state index in [1.807, 2.05) is 0 Å². The Kier molecular flexibility index (Phi) is 7.72. The van der Waals surface area contributed by atoms with Crippen LogP contribution in [0.5, 0.6) is 0 Å². The fourth-order valence-corrected chi connectivity index (χ4v) is 11.3. The van der Waals surface area contributed by atoms with E-state index in [-0.39, 0.29) is 11.3 Å². The molecule has 0 amide bonds. The van der Waals surface area contributed by atoms with Gasteiger partial charge in [-0.05, 0) is 112 Å². The van der Waals surface area contributed by atoms with E-state index in [0.29, 0.717) is 0 Å². The summed E-state index contributed by atoms with van der Waals surface area (Å²) in [5, 5.41) is 0. The van der Waals surface area contributed by atoms with Gasteiger partial charge < -0.3 is 0 Å². The van der Waals surface area contributed by atoms with Gasteiger partial charge in [0.25, 0.3) is 0 Å². The van der Waals surface area contributed by atoms with Crippen molar-refractivity contribution in [2.45, 2.75) is 37.0 Å². The molecule has 0 N–H and O–H groups in total. The quantitative estimate of drug-likeness (QED) is 0.158. The summed E-state index contributed by atoms with van der Waals surface area (Å²) in [5.74, 6) is 0.129. The third-order valence-corrected chi connectivity index (χ3v) is 14.1. The number of rotatable bonds is 6. The highest BCUT2D eigenvalue weighted by molar-refractivity contribution is 6.00. The molecule has 9 aromatic rings. The minimum atomic E-state index is -0.442. The molecule has 0 saturated heterocycles. The van der Waals surface area contributed by atoms with Crippen LogP contribution in [0.25, 0.3) is 55.6 Å². The highest BCUT2D eigenvalue weighted by Gasteiger charge is 2.52. The minimum absolute atomic E-state index is 0.0848. The van der Waals surface area contributed by atoms with Crippen LogP contribution in [-0.4, -0.2) is 0 Å². The number of hydrogen-bond donors (Lipinski definition) is 0. The molecule has 12 rings (SSSR count). The number of hydrogen-bond acceptors (Lipinski definition) is 0. The summed E-state index contributed by atoms with van der Waals surface area (Å²) in [6.07, 6.45) is 0.891. The Morgan fingerprint density at radius 2 is 0.800 bits per heavy atom. The smallest absolute Gasteiger partial charge is 0.0622 e. The molecule has 0 fully saturated rings. The van der Waals surface area contributed by atoms with Gasteiger partial charge in [0.05, 0.1) is 5.41 Å². The molecule has 0 bridgehead atoms. The Morgan fingerprint density at radius 3 is 1.45 bits per heavy atom. The van der Waals surface area contributed by atoms with E-state index < -0.39 is 5.41 Å². The molecule has 0 heterocycles. The van der Waals surface area contributed by atoms with Gasteiger partial charge in [-0.1, -0.05) is 226 Å². The van der Waals surface area contributed by atoms with Gasteiger partial charge in [0.2, 0.25) is 0 Å². The van der Waals surface area contributed by atoms with Gasteiger partial charge in [0.1, 0.15) is 0 Å². The maximum absolute atomic E-state index is 2.61. The molecule has 3 aliphatic carbocycles. The van der Waals surface area contributed by atoms with Crippen molar-refractivity contribution < 1.29 is 0 Å². The second kappa shape index (κ2) is 13.2. The van der Waals surface area contributed by atoms with Gasteiger partial charge in [0.15, 0.2) is 0 Å². The van der Waals surface area contributed by atoms with E-state index in [0.717, 1.165) is 6.42 Å². The van der Waals surface area contributed by atoms with Crippen molar-refractivity contribution in [3.63, 3.8) is 0 Å². The molecule has 1 unspecified atom stereocenters. The Balaban J connectivity index is 1.09. The molecule has 1 atom stereocenters. The van der Waals surface area contributed by atoms with Gasteiger partial charge >= 0.3 is 0 Å². The summed E-state index contributed by atoms with van der Waals surface area (Å²) < 4.78 is 0. The predicted molar refractivity (Wildman–Crippen MR) is 250 cm³/mol. The molecule has 0 aromatic heterocycles. The van der Waals surface area contributed by atoms with Crippen molar-refractivity contribution >= 4 is 0 Å². The van der Waals surface area contributed by atoms with E-state index in [1.54, 1.807) is 0 Å². The summed E-state index contributed by atoms with van der Waals surface area (Å²) in [7, 11) is 0. The van der Waals surface area contributed by atoms with Gasteiger partial charge in [-0.3, -0.25) is 0 Å². The molecule has 1 spiro atoms. The van der Waals surface area contributed by atoms with Crippen LogP contribution in [-0.2, 0) is 17.3 Å². The van der Waals surface area contributed by atoms with Crippen molar-refractivity contribution in [1.82, 2.24) is 0 Å². The average Bonchev–Trinajstić information content (AvgIpc) is 3.87. The minimum Gasteiger partial charge on any atom is -0.0622 e. The second-order valence-electron chi connectivity index (χ2n) is 17.5. The van der Waals surface area contributed by atoms with Crippen LogP contribution in [0.15, 0.2) is 212 Å². The maximum Gasteiger partial charge on any atom is 0.0725 e. The van der Waals surface area contributed by atoms with Crippen LogP contribution < -0.4 is 0 Å². The summed E-state index contributed by atoms with van der Waals surface area (Å²) in [6, 6.07) is 80.2. The fraction of sp³-hybridized carbons (Fsp3) is 0.100. The Morgan fingerprint density at radius 1 is 0.333 bits per heavy atom. The second-order valence-corrected chi connectivity index (χ2v) is 17.5. The fourth-order valence-electron chi connectivity index (χ4n) is 11.3. The standard InChI is InChI=1S/C60H44/c1-59(2)52-24-12-9-20-46(52)49-34-32-43(37-56(49)59)51(36-39-28-30-41(31-29-39)40-16-5-3-6-17-40)44-33-35-50-57(38-44)60(53-25-13-10-21-47(53)48-22-11-14-26-54(48)60)55-27-15-23-45(58(50)55)42-18-7-4-8-19-42/h3-35,37-38,51H,36H2,1-2H3. The normalized spacial score (nSPS) is 14.8. The highest BCUT2D eigenvalue weighted by Crippen LogP contribution is 2.64. The number of benzene rings is 9. The molecule has 9 aromatic carbocycles. The van der Waals surface area contributed by atoms with Crippen LogP contribution >= 0.6 is 0 Å². The summed E-state index contributed by atoms with van der Waals surface area (Å²) in [6.45, 7) is 4.79. The largest absolute Gasteiger partial charge is 0.0725 e. The monoisotopic (exact) mass is 764 g/mol. The SMILES string of the molecule is CC1(C)c2ccccc2-c2ccc(C(Cc3ccc(-c4ccccc4)cc3)c3ccc4c(c3)C3(c5ccccc5-c5ccccc53)c3cccc(-c5ccccc5)c3-4)cc21. The first-order chi connectivity index (χ1) is 29.5. The Labute approximate surface area is 353 Å². The molecule has 0 saturated carbocycles. The maximum atomic E-state index is 2.61. The van der Waals surface area contributed by atoms with E-state index in [4.69, 9.17) is 0 Å². The van der Waals surface area contributed by atoms with E-state index in [9.17, 15) is 0 Å². The zero-order valence-electron chi connectivity index (χ0n) is 34.0. The lowest BCUT2D eigenvalue weighted by Gasteiger charge is -2.31. The first-order valence-electron chi connectivity index (χ1n) is 21.4. The van der Waals surface area contributed by atoms with Crippen LogP contribution in [0.1, 0.15) is 69.8 Å². The average molecular weight is 765 g/mol. The van der Waals surface area contributed by atoms with Crippen LogP contribution in [0.3, 0.4) is 0 Å². The van der Waals surface area contributed by atoms with Crippen LogP contribution in [0.4, 0.5) is 0 Å². The van der Waals surface area contributed by atoms with E-state index in [2.05, 4.69) is 226 Å². The van der Waals surface area contributed by atoms with Crippen LogP contribution in [0.2, 0.25) is 0 Å². The first kappa shape index (κ1) is 35.0. The zero-order chi connectivity index (χ0) is 40.0. The lowest BCUT2D eigenvalue weighted by molar-refractivity contribution is 0.657. The topological polar surface area (TPSA) is 0 Å². The first-order valence-corrected chi connectivity index (χ1v) is 21.4. The van der Waals surface area contributed by atoms with E-state index >= 15 is 0 Å². The molecule has 0 radical (unpaired) electrons. The van der Waals surface area contributed by atoms with E-state index in [1.165, 1.54) is 106 Å². The van der Waals surface area contributed by atoms with Crippen molar-refractivity contribution in [1.29, 1.82) is 0 Å². The lowest BCUT2D eigenvalue weighted by atomic mass is 9.69. The lowest BCUT2D eigenvalue weighted by Crippen LogP contribution is -2.26. The van der Waals surface area contributed by atoms with Gasteiger partial charge in [-0.15, -0.1) is 0 Å². The van der Waals surface area contributed by atoms with Gasteiger partial charge in [-0.25, -0.2) is 0 Å². The van der Waals surface area contributed by atoms with Gasteiger partial charge in [0, 0.05) is 11.3 Å². The third-order valence-electron chi connectivity index (χ3n) is 14.1. The molecule has 60 heavy (non-hydrogen) atoms. The number of fused-ring (bicyclic) bond motifs is 13. The molecule has 0 nitrogen and oxygen atoms in total. The highest BCUT2D eigenvalue weighted by atomic mass is 14.5. The van der Waals surface area contributed by atoms with Crippen molar-refractivity contribution in [3.8, 4) is 55.6 Å². The molecule has 0 heteroatoms. The zero-order valence-corrected chi connectivity index (χ0v) is 34.0. The summed E-state index contributed by atoms with van der Waals surface area (Å²) in [5.41, 5.74) is 25.0.